The quantitative estimate of drug-likeness (QED) is 0.544. The average Bonchev–Trinajstić information content (AvgIpc) is 3.39. The molecular weight excluding hydrogens is 450 g/mol. The lowest BCUT2D eigenvalue weighted by Gasteiger charge is -2.29. The fourth-order valence-corrected chi connectivity index (χ4v) is 7.52. The maximum absolute atomic E-state index is 13.0. The molecule has 1 atom stereocenters. The third-order valence-electron chi connectivity index (χ3n) is 5.58. The van der Waals surface area contributed by atoms with Gasteiger partial charge in [-0.25, -0.2) is 8.42 Å². The molecule has 6 nitrogen and oxygen atoms in total. The highest BCUT2D eigenvalue weighted by Gasteiger charge is 2.33. The molecule has 1 unspecified atom stereocenters. The van der Waals surface area contributed by atoms with Crippen LogP contribution in [-0.2, 0) is 21.4 Å². The van der Waals surface area contributed by atoms with E-state index in [-0.39, 0.29) is 12.5 Å². The van der Waals surface area contributed by atoms with Crippen molar-refractivity contribution in [3.05, 3.63) is 45.6 Å². The number of hydrogen-bond acceptors (Lipinski definition) is 5. The second-order valence-electron chi connectivity index (χ2n) is 7.66. The van der Waals surface area contributed by atoms with E-state index >= 15 is 0 Å². The summed E-state index contributed by atoms with van der Waals surface area (Å²) in [5.41, 5.74) is 3.28. The van der Waals surface area contributed by atoms with Gasteiger partial charge in [0, 0.05) is 13.1 Å². The number of amides is 1. The third-order valence-corrected chi connectivity index (χ3v) is 9.86. The van der Waals surface area contributed by atoms with Gasteiger partial charge in [-0.15, -0.1) is 17.8 Å². The molecule has 0 N–H and O–H groups in total. The largest absolute Gasteiger partial charge is 0.305 e. The van der Waals surface area contributed by atoms with Crippen LogP contribution in [0.15, 0.2) is 38.8 Å². The Bertz CT molecular complexity index is 1340. The van der Waals surface area contributed by atoms with Crippen LogP contribution in [0.1, 0.15) is 24.0 Å². The van der Waals surface area contributed by atoms with Gasteiger partial charge in [0.05, 0.1) is 22.7 Å². The van der Waals surface area contributed by atoms with E-state index in [9.17, 15) is 13.2 Å². The van der Waals surface area contributed by atoms with Crippen LogP contribution in [0.4, 0.5) is 0 Å². The number of rotatable bonds is 4. The van der Waals surface area contributed by atoms with Crippen LogP contribution in [0.3, 0.4) is 0 Å². The van der Waals surface area contributed by atoms with Gasteiger partial charge in [-0.05, 0) is 61.4 Å². The highest BCUT2D eigenvalue weighted by Crippen LogP contribution is 2.27. The summed E-state index contributed by atoms with van der Waals surface area (Å²) in [7, 11) is -3.58. The van der Waals surface area contributed by atoms with E-state index in [0.29, 0.717) is 34.9 Å². The predicted molar refractivity (Wildman–Crippen MR) is 124 cm³/mol. The Morgan fingerprint density at radius 1 is 1.32 bits per heavy atom. The van der Waals surface area contributed by atoms with E-state index in [4.69, 9.17) is 6.42 Å². The fraction of sp³-hybridized carbons (Fsp3) is 0.364. The van der Waals surface area contributed by atoms with Crippen molar-refractivity contribution in [3.63, 3.8) is 0 Å². The summed E-state index contributed by atoms with van der Waals surface area (Å²) in [6, 6.07) is 7.47. The Morgan fingerprint density at radius 2 is 2.10 bits per heavy atom. The van der Waals surface area contributed by atoms with E-state index in [0.717, 1.165) is 15.8 Å². The Labute approximate surface area is 189 Å². The smallest absolute Gasteiger partial charge is 0.252 e. The first-order chi connectivity index (χ1) is 14.8. The molecule has 1 aromatic carbocycles. The molecule has 1 amide bonds. The first-order valence-corrected chi connectivity index (χ1v) is 13.1. The Hall–Kier alpha value is -2.25. The Balaban J connectivity index is 1.66. The average molecular weight is 474 g/mol. The lowest BCUT2D eigenvalue weighted by atomic mass is 9.99. The van der Waals surface area contributed by atoms with Crippen molar-refractivity contribution in [2.75, 3.05) is 13.1 Å². The molecular formula is C22H23N3O3S3. The van der Waals surface area contributed by atoms with Gasteiger partial charge in [0.1, 0.15) is 4.21 Å². The summed E-state index contributed by atoms with van der Waals surface area (Å²) in [5.74, 6) is 1.89. The van der Waals surface area contributed by atoms with E-state index in [2.05, 4.69) is 23.0 Å². The number of hydrogen-bond donors (Lipinski definition) is 0. The standard InChI is InChI=1S/C22H23N3O3S3/c1-4-9-25-18-12-15(2)16(3)13-19(18)30-22(25)23-21(26)17-7-5-10-24(14-17)31(27,28)20-8-6-11-29-20/h1,6,8,11-13,17H,5,7,9-10,14H2,2-3H3. The van der Waals surface area contributed by atoms with Gasteiger partial charge in [-0.1, -0.05) is 23.3 Å². The molecule has 0 saturated carbocycles. The van der Waals surface area contributed by atoms with Crippen LogP contribution < -0.4 is 4.80 Å². The number of sulfonamides is 1. The number of aromatic nitrogens is 1. The van der Waals surface area contributed by atoms with E-state index in [1.54, 1.807) is 17.5 Å². The van der Waals surface area contributed by atoms with Crippen LogP contribution in [0, 0.1) is 32.1 Å². The zero-order chi connectivity index (χ0) is 22.2. The summed E-state index contributed by atoms with van der Waals surface area (Å²) < 4.78 is 30.4. The minimum atomic E-state index is -3.58. The number of aryl methyl sites for hydroxylation is 2. The van der Waals surface area contributed by atoms with Crippen molar-refractivity contribution in [2.45, 2.75) is 37.4 Å². The molecule has 1 aliphatic heterocycles. The molecule has 162 valence electrons. The van der Waals surface area contributed by atoms with E-state index in [1.807, 2.05) is 18.4 Å². The first-order valence-electron chi connectivity index (χ1n) is 9.97. The molecule has 3 aromatic rings. The molecule has 1 saturated heterocycles. The van der Waals surface area contributed by atoms with Crippen molar-refractivity contribution >= 4 is 48.8 Å². The molecule has 2 aromatic heterocycles. The van der Waals surface area contributed by atoms with Gasteiger partial charge in [-0.3, -0.25) is 4.79 Å². The monoisotopic (exact) mass is 473 g/mol. The normalized spacial score (nSPS) is 18.4. The zero-order valence-electron chi connectivity index (χ0n) is 17.4. The first kappa shape index (κ1) is 22.0. The van der Waals surface area contributed by atoms with Gasteiger partial charge >= 0.3 is 0 Å². The molecule has 9 heteroatoms. The van der Waals surface area contributed by atoms with Gasteiger partial charge in [0.15, 0.2) is 4.80 Å². The van der Waals surface area contributed by atoms with Crippen molar-refractivity contribution in [2.24, 2.45) is 10.9 Å². The summed E-state index contributed by atoms with van der Waals surface area (Å²) in [4.78, 5) is 18.0. The van der Waals surface area contributed by atoms with Crippen molar-refractivity contribution in [1.82, 2.24) is 8.87 Å². The van der Waals surface area contributed by atoms with Crippen molar-refractivity contribution in [1.29, 1.82) is 0 Å². The number of carbonyl (C=O) groups is 1. The SMILES string of the molecule is C#CCn1c(=NC(=O)C2CCCN(S(=O)(=O)c3cccs3)C2)sc2cc(C)c(C)cc21. The van der Waals surface area contributed by atoms with Crippen LogP contribution in [-0.4, -0.2) is 36.3 Å². The van der Waals surface area contributed by atoms with Crippen molar-refractivity contribution in [3.8, 4) is 12.3 Å². The lowest BCUT2D eigenvalue weighted by molar-refractivity contribution is -0.122. The molecule has 4 rings (SSSR count). The van der Waals surface area contributed by atoms with Gasteiger partial charge in [0.25, 0.3) is 15.9 Å². The molecule has 31 heavy (non-hydrogen) atoms. The number of benzene rings is 1. The van der Waals surface area contributed by atoms with Gasteiger partial charge in [-0.2, -0.15) is 9.30 Å². The van der Waals surface area contributed by atoms with Crippen LogP contribution >= 0.6 is 22.7 Å². The van der Waals surface area contributed by atoms with Crippen LogP contribution in [0.2, 0.25) is 0 Å². The summed E-state index contributed by atoms with van der Waals surface area (Å²) in [5, 5.41) is 1.74. The lowest BCUT2D eigenvalue weighted by Crippen LogP contribution is -2.42. The number of thiophene rings is 1. The molecule has 1 aliphatic rings. The summed E-state index contributed by atoms with van der Waals surface area (Å²) in [6.07, 6.45) is 6.82. The van der Waals surface area contributed by atoms with Gasteiger partial charge in [0.2, 0.25) is 0 Å². The number of nitrogens with zero attached hydrogens (tertiary/aromatic N) is 3. The van der Waals surface area contributed by atoms with E-state index < -0.39 is 15.9 Å². The molecule has 0 spiro atoms. The minimum Gasteiger partial charge on any atom is -0.305 e. The van der Waals surface area contributed by atoms with Crippen molar-refractivity contribution < 1.29 is 13.2 Å². The third kappa shape index (κ3) is 4.26. The number of piperidine rings is 1. The molecule has 1 fully saturated rings. The Morgan fingerprint density at radius 3 is 2.81 bits per heavy atom. The summed E-state index contributed by atoms with van der Waals surface area (Å²) in [6.45, 7) is 4.98. The predicted octanol–water partition coefficient (Wildman–Crippen LogP) is 3.54. The van der Waals surface area contributed by atoms with Crippen LogP contribution in [0.5, 0.6) is 0 Å². The maximum Gasteiger partial charge on any atom is 0.252 e. The molecule has 0 radical (unpaired) electrons. The second kappa shape index (κ2) is 8.71. The Kier molecular flexibility index (Phi) is 6.17. The molecule has 0 bridgehead atoms. The molecule has 0 aliphatic carbocycles. The van der Waals surface area contributed by atoms with Crippen LogP contribution in [0.25, 0.3) is 10.2 Å². The highest BCUT2D eigenvalue weighted by atomic mass is 32.2. The summed E-state index contributed by atoms with van der Waals surface area (Å²) >= 11 is 2.62. The highest BCUT2D eigenvalue weighted by molar-refractivity contribution is 7.91. The molecule has 3 heterocycles. The minimum absolute atomic E-state index is 0.154. The maximum atomic E-state index is 13.0. The van der Waals surface area contributed by atoms with E-state index in [1.165, 1.54) is 32.5 Å². The van der Waals surface area contributed by atoms with Gasteiger partial charge < -0.3 is 4.57 Å². The fourth-order valence-electron chi connectivity index (χ4n) is 3.74. The second-order valence-corrected chi connectivity index (χ2v) is 11.8. The number of fused-ring (bicyclic) bond motifs is 1. The number of carbonyl (C=O) groups excluding carboxylic acids is 1. The number of thiazole rings is 1. The topological polar surface area (TPSA) is 71.7 Å². The number of terminal acetylenes is 1. The zero-order valence-corrected chi connectivity index (χ0v) is 19.8.